The molecule has 0 radical (unpaired) electrons. The van der Waals surface area contributed by atoms with Crippen molar-refractivity contribution in [2.24, 2.45) is 0 Å². The van der Waals surface area contributed by atoms with Gasteiger partial charge in [0.1, 0.15) is 5.82 Å². The van der Waals surface area contributed by atoms with Crippen LogP contribution >= 0.6 is 11.3 Å². The number of H-pyrrole nitrogens is 1. The van der Waals surface area contributed by atoms with E-state index in [2.05, 4.69) is 24.9 Å². The number of aromatic nitrogens is 4. The summed E-state index contributed by atoms with van der Waals surface area (Å²) in [5.41, 5.74) is 1.06. The minimum absolute atomic E-state index is 0.0226. The summed E-state index contributed by atoms with van der Waals surface area (Å²) >= 11 is 0.854. The first kappa shape index (κ1) is 15.5. The molecule has 0 saturated heterocycles. The van der Waals surface area contributed by atoms with Crippen LogP contribution in [0.25, 0.3) is 0 Å². The lowest BCUT2D eigenvalue weighted by Crippen LogP contribution is -2.27. The normalized spacial score (nSPS) is 11.8. The van der Waals surface area contributed by atoms with E-state index >= 15 is 0 Å². The number of aromatic amines is 1. The molecular formula is C10H13N5O4S2. The first-order valence-electron chi connectivity index (χ1n) is 5.72. The maximum Gasteiger partial charge on any atom is 0.358 e. The van der Waals surface area contributed by atoms with E-state index in [1.807, 2.05) is 0 Å². The highest BCUT2D eigenvalue weighted by atomic mass is 32.2. The molecule has 11 heteroatoms. The van der Waals surface area contributed by atoms with Gasteiger partial charge in [0.15, 0.2) is 15.7 Å². The lowest BCUT2D eigenvalue weighted by Gasteiger charge is -2.14. The molecule has 1 N–H and O–H groups in total. The van der Waals surface area contributed by atoms with Gasteiger partial charge >= 0.3 is 5.97 Å². The predicted molar refractivity (Wildman–Crippen MR) is 73.2 cm³/mol. The lowest BCUT2D eigenvalue weighted by atomic mass is 10.5. The van der Waals surface area contributed by atoms with Crippen molar-refractivity contribution in [1.29, 1.82) is 0 Å². The van der Waals surface area contributed by atoms with Crippen molar-refractivity contribution in [3.8, 4) is 0 Å². The quantitative estimate of drug-likeness (QED) is 0.776. The summed E-state index contributed by atoms with van der Waals surface area (Å²) in [5.74, 6) is 0.128. The minimum atomic E-state index is -3.88. The van der Waals surface area contributed by atoms with Crippen LogP contribution in [0.15, 0.2) is 9.72 Å². The molecule has 0 aromatic carbocycles. The number of nitrogens with zero attached hydrogens (tertiary/aromatic N) is 4. The number of ether oxygens (including phenoxy) is 1. The highest BCUT2D eigenvalue weighted by Crippen LogP contribution is 2.24. The summed E-state index contributed by atoms with van der Waals surface area (Å²) in [6, 6.07) is 0. The molecule has 0 amide bonds. The monoisotopic (exact) mass is 331 g/mol. The fourth-order valence-electron chi connectivity index (χ4n) is 1.54. The van der Waals surface area contributed by atoms with Gasteiger partial charge in [-0.05, 0) is 6.92 Å². The van der Waals surface area contributed by atoms with Crippen molar-refractivity contribution in [1.82, 2.24) is 24.5 Å². The van der Waals surface area contributed by atoms with E-state index in [0.29, 0.717) is 11.6 Å². The molecule has 0 fully saturated rings. The van der Waals surface area contributed by atoms with Crippen molar-refractivity contribution in [3.05, 3.63) is 22.9 Å². The summed E-state index contributed by atoms with van der Waals surface area (Å²) in [5, 5.41) is 6.51. The van der Waals surface area contributed by atoms with E-state index in [1.165, 1.54) is 12.6 Å². The maximum atomic E-state index is 12.5. The standard InChI is InChI=1S/C10H13N5O4S2/c1-6-12-7(14-13-6)4-15(2)21(17,18)10-8(9(16)19-3)11-5-20-10/h5H,4H2,1-3H3,(H,12,13,14). The Balaban J connectivity index is 2.29. The Morgan fingerprint density at radius 2 is 2.24 bits per heavy atom. The van der Waals surface area contributed by atoms with Crippen molar-refractivity contribution in [2.75, 3.05) is 14.2 Å². The zero-order valence-electron chi connectivity index (χ0n) is 11.5. The zero-order valence-corrected chi connectivity index (χ0v) is 13.2. The Morgan fingerprint density at radius 1 is 1.52 bits per heavy atom. The van der Waals surface area contributed by atoms with E-state index < -0.39 is 16.0 Å². The molecule has 0 saturated carbocycles. The van der Waals surface area contributed by atoms with Crippen LogP contribution in [0, 0.1) is 6.92 Å². The average Bonchev–Trinajstić information content (AvgIpc) is 3.07. The topological polar surface area (TPSA) is 118 Å². The van der Waals surface area contributed by atoms with Gasteiger partial charge < -0.3 is 4.74 Å². The van der Waals surface area contributed by atoms with E-state index in [9.17, 15) is 13.2 Å². The Morgan fingerprint density at radius 3 is 2.81 bits per heavy atom. The molecule has 0 aliphatic heterocycles. The number of carbonyl (C=O) groups excluding carboxylic acids is 1. The van der Waals surface area contributed by atoms with Crippen molar-refractivity contribution in [2.45, 2.75) is 17.7 Å². The largest absolute Gasteiger partial charge is 0.464 e. The Hall–Kier alpha value is -1.85. The number of sulfonamides is 1. The SMILES string of the molecule is COC(=O)c1ncsc1S(=O)(=O)N(C)Cc1n[nH]c(C)n1. The molecule has 0 unspecified atom stereocenters. The third kappa shape index (κ3) is 3.09. The van der Waals surface area contributed by atoms with Gasteiger partial charge in [-0.15, -0.1) is 11.3 Å². The van der Waals surface area contributed by atoms with Crippen molar-refractivity contribution < 1.29 is 17.9 Å². The smallest absolute Gasteiger partial charge is 0.358 e. The molecule has 0 aliphatic carbocycles. The molecule has 2 heterocycles. The van der Waals surface area contributed by atoms with Crippen LogP contribution in [0.5, 0.6) is 0 Å². The highest BCUT2D eigenvalue weighted by Gasteiger charge is 2.30. The number of nitrogens with one attached hydrogen (secondary N) is 1. The fourth-order valence-corrected chi connectivity index (χ4v) is 3.98. The summed E-state index contributed by atoms with van der Waals surface area (Å²) in [4.78, 5) is 19.3. The number of aryl methyl sites for hydroxylation is 1. The van der Waals surface area contributed by atoms with E-state index in [-0.39, 0.29) is 16.4 Å². The minimum Gasteiger partial charge on any atom is -0.464 e. The Kier molecular flexibility index (Phi) is 4.34. The van der Waals surface area contributed by atoms with Crippen LogP contribution in [-0.2, 0) is 21.3 Å². The first-order chi connectivity index (χ1) is 9.86. The molecule has 9 nitrogen and oxygen atoms in total. The molecule has 0 spiro atoms. The third-order valence-electron chi connectivity index (χ3n) is 2.57. The van der Waals surface area contributed by atoms with Crippen molar-refractivity contribution in [3.63, 3.8) is 0 Å². The van der Waals surface area contributed by atoms with Gasteiger partial charge in [0, 0.05) is 7.05 Å². The summed E-state index contributed by atoms with van der Waals surface area (Å²) in [7, 11) is -1.33. The van der Waals surface area contributed by atoms with Gasteiger partial charge in [0.25, 0.3) is 10.0 Å². The van der Waals surface area contributed by atoms with Gasteiger partial charge in [0.2, 0.25) is 0 Å². The van der Waals surface area contributed by atoms with Crippen LogP contribution < -0.4 is 0 Å². The second-order valence-corrected chi connectivity index (χ2v) is 7.17. The van der Waals surface area contributed by atoms with Crippen LogP contribution in [0.3, 0.4) is 0 Å². The van der Waals surface area contributed by atoms with Crippen LogP contribution in [0.4, 0.5) is 0 Å². The van der Waals surface area contributed by atoms with Crippen LogP contribution in [0.1, 0.15) is 22.1 Å². The summed E-state index contributed by atoms with van der Waals surface area (Å²) in [6.45, 7) is 1.69. The van der Waals surface area contributed by atoms with Crippen LogP contribution in [0.2, 0.25) is 0 Å². The molecule has 114 valence electrons. The van der Waals surface area contributed by atoms with E-state index in [1.54, 1.807) is 6.92 Å². The molecular weight excluding hydrogens is 318 g/mol. The molecule has 0 bridgehead atoms. The zero-order chi connectivity index (χ0) is 15.6. The number of esters is 1. The number of rotatable bonds is 5. The number of hydrogen-bond donors (Lipinski definition) is 1. The third-order valence-corrected chi connectivity index (χ3v) is 5.72. The highest BCUT2D eigenvalue weighted by molar-refractivity contribution is 7.91. The fraction of sp³-hybridized carbons (Fsp3) is 0.400. The van der Waals surface area contributed by atoms with Gasteiger partial charge in [-0.2, -0.15) is 9.40 Å². The number of thiazole rings is 1. The Labute approximate surface area is 125 Å². The molecule has 2 aromatic rings. The predicted octanol–water partition coefficient (Wildman–Crippen LogP) is 0.177. The first-order valence-corrected chi connectivity index (χ1v) is 8.04. The molecule has 2 aromatic heterocycles. The number of methoxy groups -OCH3 is 1. The van der Waals surface area contributed by atoms with E-state index in [4.69, 9.17) is 0 Å². The number of hydrogen-bond acceptors (Lipinski definition) is 8. The average molecular weight is 331 g/mol. The second-order valence-electron chi connectivity index (χ2n) is 4.08. The van der Waals surface area contributed by atoms with Gasteiger partial charge in [-0.3, -0.25) is 5.10 Å². The van der Waals surface area contributed by atoms with Gasteiger partial charge in [-0.1, -0.05) is 0 Å². The van der Waals surface area contributed by atoms with Gasteiger partial charge in [0.05, 0.1) is 19.2 Å². The van der Waals surface area contributed by atoms with E-state index in [0.717, 1.165) is 22.8 Å². The van der Waals surface area contributed by atoms with Crippen LogP contribution in [-0.4, -0.2) is 53.0 Å². The molecule has 0 atom stereocenters. The summed E-state index contributed by atoms with van der Waals surface area (Å²) in [6.07, 6.45) is 0. The molecule has 0 aliphatic rings. The molecule has 2 rings (SSSR count). The number of carbonyl (C=O) groups is 1. The van der Waals surface area contributed by atoms with Gasteiger partial charge in [-0.25, -0.2) is 23.2 Å². The Bertz CT molecular complexity index is 751. The maximum absolute atomic E-state index is 12.5. The van der Waals surface area contributed by atoms with Crippen molar-refractivity contribution >= 4 is 27.3 Å². The molecule has 21 heavy (non-hydrogen) atoms. The second kappa shape index (κ2) is 5.87. The summed E-state index contributed by atoms with van der Waals surface area (Å²) < 4.78 is 30.3. The lowest BCUT2D eigenvalue weighted by molar-refractivity contribution is 0.0590.